The average molecular weight is 348 g/mol. The van der Waals surface area contributed by atoms with Gasteiger partial charge in [0.1, 0.15) is 0 Å². The van der Waals surface area contributed by atoms with Crippen molar-refractivity contribution in [2.24, 2.45) is 0 Å². The maximum Gasteiger partial charge on any atom is 0.227 e. The van der Waals surface area contributed by atoms with Crippen molar-refractivity contribution >= 4 is 17.5 Å². The molecule has 4 nitrogen and oxygen atoms in total. The highest BCUT2D eigenvalue weighted by molar-refractivity contribution is 6.31. The number of halogens is 1. The van der Waals surface area contributed by atoms with E-state index in [0.29, 0.717) is 36.0 Å². The van der Waals surface area contributed by atoms with E-state index in [1.165, 1.54) is 0 Å². The summed E-state index contributed by atoms with van der Waals surface area (Å²) in [5.74, 6) is 1.32. The molecule has 2 aromatic carbocycles. The van der Waals surface area contributed by atoms with Crippen LogP contribution in [0.4, 0.5) is 0 Å². The Hall–Kier alpha value is -2.20. The minimum atomic E-state index is 0.0460. The lowest BCUT2D eigenvalue weighted by molar-refractivity contribution is -0.130. The van der Waals surface area contributed by atoms with Crippen LogP contribution < -0.4 is 9.47 Å². The summed E-state index contributed by atoms with van der Waals surface area (Å²) in [6, 6.07) is 13.1. The summed E-state index contributed by atoms with van der Waals surface area (Å²) < 4.78 is 10.5. The molecule has 0 radical (unpaired) electrons. The van der Waals surface area contributed by atoms with E-state index in [-0.39, 0.29) is 5.91 Å². The maximum atomic E-state index is 12.6. The summed E-state index contributed by atoms with van der Waals surface area (Å²) in [6.45, 7) is 3.09. The van der Waals surface area contributed by atoms with E-state index in [0.717, 1.165) is 11.1 Å². The lowest BCUT2D eigenvalue weighted by atomic mass is 10.1. The predicted molar refractivity (Wildman–Crippen MR) is 95.8 cm³/mol. The van der Waals surface area contributed by atoms with Crippen LogP contribution in [-0.4, -0.2) is 31.6 Å². The molecule has 1 amide bonds. The van der Waals surface area contributed by atoms with Crippen LogP contribution >= 0.6 is 11.6 Å². The number of amides is 1. The Morgan fingerprint density at radius 1 is 1.08 bits per heavy atom. The molecule has 0 saturated heterocycles. The summed E-state index contributed by atoms with van der Waals surface area (Å²) in [5, 5.41) is 0.676. The first-order valence-electron chi connectivity index (χ1n) is 7.81. The Morgan fingerprint density at radius 2 is 1.79 bits per heavy atom. The number of ether oxygens (including phenoxy) is 2. The highest BCUT2D eigenvalue weighted by Crippen LogP contribution is 2.28. The van der Waals surface area contributed by atoms with Crippen LogP contribution in [0.25, 0.3) is 0 Å². The molecule has 0 aliphatic heterocycles. The number of nitrogens with zero attached hydrogens (tertiary/aromatic N) is 1. The second-order valence-corrected chi connectivity index (χ2v) is 5.77. The fourth-order valence-corrected chi connectivity index (χ4v) is 2.68. The van der Waals surface area contributed by atoms with Crippen LogP contribution in [-0.2, 0) is 17.8 Å². The third-order valence-corrected chi connectivity index (χ3v) is 4.23. The molecule has 2 rings (SSSR count). The van der Waals surface area contributed by atoms with E-state index in [4.69, 9.17) is 21.1 Å². The van der Waals surface area contributed by atoms with Gasteiger partial charge in [0, 0.05) is 18.1 Å². The quantitative estimate of drug-likeness (QED) is 0.761. The zero-order valence-corrected chi connectivity index (χ0v) is 15.0. The minimum absolute atomic E-state index is 0.0460. The van der Waals surface area contributed by atoms with E-state index in [1.54, 1.807) is 19.1 Å². The van der Waals surface area contributed by atoms with E-state index in [9.17, 15) is 4.79 Å². The highest BCUT2D eigenvalue weighted by Gasteiger charge is 2.15. The third kappa shape index (κ3) is 4.42. The molecule has 0 aliphatic carbocycles. The molecule has 0 fully saturated rings. The first-order chi connectivity index (χ1) is 11.6. The average Bonchev–Trinajstić information content (AvgIpc) is 2.60. The number of likely N-dealkylation sites (N-methyl/N-ethyl adjacent to an activating group) is 1. The molecule has 0 bridgehead atoms. The van der Waals surface area contributed by atoms with Crippen LogP contribution in [0.5, 0.6) is 11.5 Å². The van der Waals surface area contributed by atoms with Crippen molar-refractivity contribution in [3.63, 3.8) is 0 Å². The molecule has 0 atom stereocenters. The SMILES string of the molecule is CCN(Cc1ccccc1Cl)C(=O)Cc1ccc(OC)c(OC)c1. The molecule has 5 heteroatoms. The van der Waals surface area contributed by atoms with Gasteiger partial charge in [-0.05, 0) is 36.2 Å². The predicted octanol–water partition coefficient (Wildman–Crippen LogP) is 3.95. The van der Waals surface area contributed by atoms with Gasteiger partial charge < -0.3 is 14.4 Å². The summed E-state index contributed by atoms with van der Waals surface area (Å²) in [6.07, 6.45) is 0.304. The van der Waals surface area contributed by atoms with E-state index >= 15 is 0 Å². The van der Waals surface area contributed by atoms with Crippen LogP contribution in [0.15, 0.2) is 42.5 Å². The van der Waals surface area contributed by atoms with Crippen molar-refractivity contribution in [3.05, 3.63) is 58.6 Å². The van der Waals surface area contributed by atoms with Gasteiger partial charge in [-0.15, -0.1) is 0 Å². The molecule has 0 aromatic heterocycles. The summed E-state index contributed by atoms with van der Waals surface area (Å²) in [5.41, 5.74) is 1.83. The van der Waals surface area contributed by atoms with Gasteiger partial charge >= 0.3 is 0 Å². The lowest BCUT2D eigenvalue weighted by Gasteiger charge is -2.22. The van der Waals surface area contributed by atoms with Gasteiger partial charge in [0.25, 0.3) is 0 Å². The van der Waals surface area contributed by atoms with Crippen molar-refractivity contribution in [2.75, 3.05) is 20.8 Å². The van der Waals surface area contributed by atoms with Crippen molar-refractivity contribution in [1.29, 1.82) is 0 Å². The Labute approximate surface area is 147 Å². The molecular formula is C19H22ClNO3. The Balaban J connectivity index is 2.11. The molecule has 0 aliphatic rings. The zero-order chi connectivity index (χ0) is 17.5. The molecular weight excluding hydrogens is 326 g/mol. The molecule has 0 spiro atoms. The first-order valence-corrected chi connectivity index (χ1v) is 8.19. The molecule has 0 heterocycles. The summed E-state index contributed by atoms with van der Waals surface area (Å²) >= 11 is 6.19. The van der Waals surface area contributed by atoms with Gasteiger partial charge in [-0.1, -0.05) is 35.9 Å². The smallest absolute Gasteiger partial charge is 0.227 e. The topological polar surface area (TPSA) is 38.8 Å². The molecule has 128 valence electrons. The van der Waals surface area contributed by atoms with Gasteiger partial charge in [-0.25, -0.2) is 0 Å². The number of hydrogen-bond acceptors (Lipinski definition) is 3. The monoisotopic (exact) mass is 347 g/mol. The van der Waals surface area contributed by atoms with E-state index < -0.39 is 0 Å². The summed E-state index contributed by atoms with van der Waals surface area (Å²) in [7, 11) is 3.17. The second kappa shape index (κ2) is 8.60. The number of rotatable bonds is 7. The molecule has 0 unspecified atom stereocenters. The van der Waals surface area contributed by atoms with Crippen molar-refractivity contribution in [1.82, 2.24) is 4.90 Å². The fourth-order valence-electron chi connectivity index (χ4n) is 2.49. The number of benzene rings is 2. The molecule has 0 N–H and O–H groups in total. The molecule has 2 aromatic rings. The normalized spacial score (nSPS) is 10.3. The van der Waals surface area contributed by atoms with E-state index in [1.807, 2.05) is 49.4 Å². The van der Waals surface area contributed by atoms with Gasteiger partial charge in [0.15, 0.2) is 11.5 Å². The fraction of sp³-hybridized carbons (Fsp3) is 0.316. The van der Waals surface area contributed by atoms with Crippen LogP contribution in [0.1, 0.15) is 18.1 Å². The molecule has 0 saturated carbocycles. The number of carbonyl (C=O) groups is 1. The molecule has 24 heavy (non-hydrogen) atoms. The Kier molecular flexibility index (Phi) is 6.50. The highest BCUT2D eigenvalue weighted by atomic mass is 35.5. The van der Waals surface area contributed by atoms with Gasteiger partial charge in [-0.2, -0.15) is 0 Å². The number of carbonyl (C=O) groups excluding carboxylic acids is 1. The van der Waals surface area contributed by atoms with Crippen molar-refractivity contribution in [3.8, 4) is 11.5 Å². The van der Waals surface area contributed by atoms with Gasteiger partial charge in [0.05, 0.1) is 20.6 Å². The third-order valence-electron chi connectivity index (χ3n) is 3.86. The van der Waals surface area contributed by atoms with Crippen LogP contribution in [0.3, 0.4) is 0 Å². The van der Waals surface area contributed by atoms with Crippen LogP contribution in [0, 0.1) is 0 Å². The first kappa shape index (κ1) is 18.1. The van der Waals surface area contributed by atoms with Gasteiger partial charge in [-0.3, -0.25) is 4.79 Å². The second-order valence-electron chi connectivity index (χ2n) is 5.37. The largest absolute Gasteiger partial charge is 0.493 e. The Morgan fingerprint density at radius 3 is 2.42 bits per heavy atom. The standard InChI is InChI=1S/C19H22ClNO3/c1-4-21(13-15-7-5-6-8-16(15)20)19(22)12-14-9-10-17(23-2)18(11-14)24-3/h5-11H,4,12-13H2,1-3H3. The Bertz CT molecular complexity index is 703. The summed E-state index contributed by atoms with van der Waals surface area (Å²) in [4.78, 5) is 14.4. The van der Waals surface area contributed by atoms with Gasteiger partial charge in [0.2, 0.25) is 5.91 Å². The van der Waals surface area contributed by atoms with Crippen LogP contribution in [0.2, 0.25) is 5.02 Å². The maximum absolute atomic E-state index is 12.6. The van der Waals surface area contributed by atoms with Crippen molar-refractivity contribution < 1.29 is 14.3 Å². The number of methoxy groups -OCH3 is 2. The number of hydrogen-bond donors (Lipinski definition) is 0. The zero-order valence-electron chi connectivity index (χ0n) is 14.2. The van der Waals surface area contributed by atoms with E-state index in [2.05, 4.69) is 0 Å². The lowest BCUT2D eigenvalue weighted by Crippen LogP contribution is -2.31. The minimum Gasteiger partial charge on any atom is -0.493 e. The van der Waals surface area contributed by atoms with Crippen molar-refractivity contribution in [2.45, 2.75) is 19.9 Å².